The lowest BCUT2D eigenvalue weighted by Gasteiger charge is -2.12. The predicted molar refractivity (Wildman–Crippen MR) is 71.4 cm³/mol. The SMILES string of the molecule is COc1ccc(CCNC2CCCC2)cc1N. The largest absolute Gasteiger partial charge is 0.495 e. The highest BCUT2D eigenvalue weighted by molar-refractivity contribution is 5.54. The molecule has 1 aromatic rings. The Morgan fingerprint density at radius 1 is 1.35 bits per heavy atom. The summed E-state index contributed by atoms with van der Waals surface area (Å²) in [5, 5.41) is 3.61. The molecule has 0 aliphatic heterocycles. The number of rotatable bonds is 5. The maximum absolute atomic E-state index is 5.88. The Morgan fingerprint density at radius 3 is 2.76 bits per heavy atom. The van der Waals surface area contributed by atoms with E-state index in [2.05, 4.69) is 11.4 Å². The summed E-state index contributed by atoms with van der Waals surface area (Å²) in [5.41, 5.74) is 7.88. The Bertz CT molecular complexity index is 359. The summed E-state index contributed by atoms with van der Waals surface area (Å²) in [6.45, 7) is 1.04. The van der Waals surface area contributed by atoms with Crippen LogP contribution < -0.4 is 15.8 Å². The van der Waals surface area contributed by atoms with Gasteiger partial charge >= 0.3 is 0 Å². The number of hydrogen-bond acceptors (Lipinski definition) is 3. The van der Waals surface area contributed by atoms with Gasteiger partial charge in [-0.1, -0.05) is 18.9 Å². The van der Waals surface area contributed by atoms with Crippen LogP contribution in [0.25, 0.3) is 0 Å². The van der Waals surface area contributed by atoms with Gasteiger partial charge < -0.3 is 15.8 Å². The Kier molecular flexibility index (Phi) is 4.26. The second-order valence-electron chi connectivity index (χ2n) is 4.76. The third-order valence-electron chi connectivity index (χ3n) is 3.50. The molecule has 0 amide bonds. The Balaban J connectivity index is 1.80. The van der Waals surface area contributed by atoms with Gasteiger partial charge in [0.05, 0.1) is 12.8 Å². The zero-order valence-electron chi connectivity index (χ0n) is 10.5. The van der Waals surface area contributed by atoms with Crippen molar-refractivity contribution in [2.45, 2.75) is 38.1 Å². The summed E-state index contributed by atoms with van der Waals surface area (Å²) in [6, 6.07) is 6.78. The number of nitrogens with one attached hydrogen (secondary N) is 1. The van der Waals surface area contributed by atoms with E-state index in [1.165, 1.54) is 31.2 Å². The summed E-state index contributed by atoms with van der Waals surface area (Å²) < 4.78 is 5.15. The van der Waals surface area contributed by atoms with Crippen molar-refractivity contribution < 1.29 is 4.74 Å². The van der Waals surface area contributed by atoms with Crippen molar-refractivity contribution in [3.05, 3.63) is 23.8 Å². The van der Waals surface area contributed by atoms with Gasteiger partial charge in [-0.15, -0.1) is 0 Å². The first-order valence-corrected chi connectivity index (χ1v) is 6.45. The van der Waals surface area contributed by atoms with Crippen LogP contribution in [-0.4, -0.2) is 19.7 Å². The van der Waals surface area contributed by atoms with E-state index in [9.17, 15) is 0 Å². The minimum atomic E-state index is 0.728. The molecule has 1 aliphatic carbocycles. The van der Waals surface area contributed by atoms with E-state index in [0.29, 0.717) is 0 Å². The highest BCUT2D eigenvalue weighted by atomic mass is 16.5. The lowest BCUT2D eigenvalue weighted by atomic mass is 10.1. The standard InChI is InChI=1S/C14H22N2O/c1-17-14-7-6-11(10-13(14)15)8-9-16-12-4-2-3-5-12/h6-7,10,12,16H,2-5,8-9,15H2,1H3. The van der Waals surface area contributed by atoms with Gasteiger partial charge in [0, 0.05) is 6.04 Å². The Labute approximate surface area is 103 Å². The molecule has 0 unspecified atom stereocenters. The predicted octanol–water partition coefficient (Wildman–Crippen LogP) is 2.35. The molecular weight excluding hydrogens is 212 g/mol. The maximum Gasteiger partial charge on any atom is 0.141 e. The second-order valence-corrected chi connectivity index (χ2v) is 4.76. The molecule has 3 nitrogen and oxygen atoms in total. The van der Waals surface area contributed by atoms with E-state index in [1.54, 1.807) is 7.11 Å². The molecule has 0 bridgehead atoms. The summed E-state index contributed by atoms with van der Waals surface area (Å²) in [4.78, 5) is 0. The molecule has 2 rings (SSSR count). The molecule has 94 valence electrons. The zero-order valence-corrected chi connectivity index (χ0v) is 10.5. The van der Waals surface area contributed by atoms with Crippen LogP contribution in [0.15, 0.2) is 18.2 Å². The van der Waals surface area contributed by atoms with Crippen LogP contribution in [0.5, 0.6) is 5.75 Å². The molecule has 0 atom stereocenters. The summed E-state index contributed by atoms with van der Waals surface area (Å²) in [7, 11) is 1.65. The Hall–Kier alpha value is -1.22. The molecule has 0 aromatic heterocycles. The lowest BCUT2D eigenvalue weighted by Crippen LogP contribution is -2.27. The smallest absolute Gasteiger partial charge is 0.141 e. The maximum atomic E-state index is 5.88. The van der Waals surface area contributed by atoms with Crippen molar-refractivity contribution in [2.75, 3.05) is 19.4 Å². The van der Waals surface area contributed by atoms with Crippen molar-refractivity contribution in [2.24, 2.45) is 0 Å². The lowest BCUT2D eigenvalue weighted by molar-refractivity contribution is 0.417. The molecular formula is C14H22N2O. The molecule has 3 heteroatoms. The van der Waals surface area contributed by atoms with Crippen LogP contribution in [0.2, 0.25) is 0 Å². The van der Waals surface area contributed by atoms with E-state index < -0.39 is 0 Å². The zero-order chi connectivity index (χ0) is 12.1. The van der Waals surface area contributed by atoms with Gasteiger partial charge in [0.25, 0.3) is 0 Å². The van der Waals surface area contributed by atoms with Gasteiger partial charge in [-0.2, -0.15) is 0 Å². The average molecular weight is 234 g/mol. The fourth-order valence-electron chi connectivity index (χ4n) is 2.49. The molecule has 17 heavy (non-hydrogen) atoms. The molecule has 1 fully saturated rings. The van der Waals surface area contributed by atoms with Gasteiger partial charge in [0.2, 0.25) is 0 Å². The van der Waals surface area contributed by atoms with E-state index in [-0.39, 0.29) is 0 Å². The monoisotopic (exact) mass is 234 g/mol. The fourth-order valence-corrected chi connectivity index (χ4v) is 2.49. The van der Waals surface area contributed by atoms with Gasteiger partial charge in [0.15, 0.2) is 0 Å². The normalized spacial score (nSPS) is 16.3. The van der Waals surface area contributed by atoms with Crippen molar-refractivity contribution in [3.8, 4) is 5.75 Å². The molecule has 1 aliphatic rings. The topological polar surface area (TPSA) is 47.3 Å². The molecule has 0 heterocycles. The summed E-state index contributed by atoms with van der Waals surface area (Å²) in [6.07, 6.45) is 6.47. The molecule has 0 radical (unpaired) electrons. The van der Waals surface area contributed by atoms with Crippen LogP contribution in [0.4, 0.5) is 5.69 Å². The van der Waals surface area contributed by atoms with Crippen LogP contribution in [0.3, 0.4) is 0 Å². The number of nitrogens with two attached hydrogens (primary N) is 1. The van der Waals surface area contributed by atoms with E-state index in [0.717, 1.165) is 30.4 Å². The number of methoxy groups -OCH3 is 1. The molecule has 3 N–H and O–H groups in total. The van der Waals surface area contributed by atoms with Crippen LogP contribution >= 0.6 is 0 Å². The second kappa shape index (κ2) is 5.92. The van der Waals surface area contributed by atoms with E-state index in [4.69, 9.17) is 10.5 Å². The van der Waals surface area contributed by atoms with Crippen LogP contribution in [0.1, 0.15) is 31.2 Å². The summed E-state index contributed by atoms with van der Waals surface area (Å²) >= 11 is 0. The first kappa shape index (κ1) is 12.2. The highest BCUT2D eigenvalue weighted by Crippen LogP contribution is 2.22. The van der Waals surface area contributed by atoms with Crippen molar-refractivity contribution in [3.63, 3.8) is 0 Å². The first-order valence-electron chi connectivity index (χ1n) is 6.45. The molecule has 1 aromatic carbocycles. The van der Waals surface area contributed by atoms with Crippen molar-refractivity contribution >= 4 is 5.69 Å². The van der Waals surface area contributed by atoms with Gasteiger partial charge in [-0.05, 0) is 43.5 Å². The molecule has 0 spiro atoms. The third kappa shape index (κ3) is 3.37. The number of nitrogen functional groups attached to an aromatic ring is 1. The Morgan fingerprint density at radius 2 is 2.12 bits per heavy atom. The molecule has 0 saturated heterocycles. The first-order chi connectivity index (χ1) is 8.29. The quantitative estimate of drug-likeness (QED) is 0.769. The van der Waals surface area contributed by atoms with Crippen LogP contribution in [0, 0.1) is 0 Å². The van der Waals surface area contributed by atoms with Gasteiger partial charge in [-0.3, -0.25) is 0 Å². The fraction of sp³-hybridized carbons (Fsp3) is 0.571. The van der Waals surface area contributed by atoms with E-state index >= 15 is 0 Å². The van der Waals surface area contributed by atoms with Gasteiger partial charge in [-0.25, -0.2) is 0 Å². The number of hydrogen-bond donors (Lipinski definition) is 2. The summed E-state index contributed by atoms with van der Waals surface area (Å²) in [5.74, 6) is 0.762. The van der Waals surface area contributed by atoms with Crippen LogP contribution in [-0.2, 0) is 6.42 Å². The third-order valence-corrected chi connectivity index (χ3v) is 3.50. The minimum absolute atomic E-state index is 0.728. The van der Waals surface area contributed by atoms with Crippen molar-refractivity contribution in [1.82, 2.24) is 5.32 Å². The van der Waals surface area contributed by atoms with Crippen molar-refractivity contribution in [1.29, 1.82) is 0 Å². The minimum Gasteiger partial charge on any atom is -0.495 e. The number of benzene rings is 1. The molecule has 1 saturated carbocycles. The van der Waals surface area contributed by atoms with Gasteiger partial charge in [0.1, 0.15) is 5.75 Å². The highest BCUT2D eigenvalue weighted by Gasteiger charge is 2.13. The average Bonchev–Trinajstić information content (AvgIpc) is 2.82. The number of anilines is 1. The number of ether oxygens (including phenoxy) is 1. The van der Waals surface area contributed by atoms with E-state index in [1.807, 2.05) is 12.1 Å².